The Labute approximate surface area is 157 Å². The van der Waals surface area contributed by atoms with Crippen LogP contribution in [-0.4, -0.2) is 33.5 Å². The summed E-state index contributed by atoms with van der Waals surface area (Å²) < 4.78 is 1.84. The molecule has 0 bridgehead atoms. The summed E-state index contributed by atoms with van der Waals surface area (Å²) in [7, 11) is 0. The minimum atomic E-state index is -0.953. The summed E-state index contributed by atoms with van der Waals surface area (Å²) in [5.74, 6) is -1.17. The number of anilines is 2. The fourth-order valence-corrected chi connectivity index (χ4v) is 3.18. The molecule has 0 unspecified atom stereocenters. The standard InChI is InChI=1S/C19H23N5O3/c1-10(2)24-12(4)17(11(3)23-24)22-16(25)9-15-19(27)20-14-8-6-5-7-13(14)18(26)21-15/h5-8,10,15H,9H2,1-4H3,(H,20,27)(H,21,26)(H,22,25)/t15-/m1/s1. The number of amides is 3. The number of nitrogens with zero attached hydrogens (tertiary/aromatic N) is 2. The third-order valence-corrected chi connectivity index (χ3v) is 4.52. The van der Waals surface area contributed by atoms with Crippen molar-refractivity contribution >= 4 is 29.1 Å². The first-order valence-corrected chi connectivity index (χ1v) is 8.84. The Kier molecular flexibility index (Phi) is 4.98. The Morgan fingerprint density at radius 1 is 1.26 bits per heavy atom. The van der Waals surface area contributed by atoms with Gasteiger partial charge in [0.05, 0.1) is 34.7 Å². The van der Waals surface area contributed by atoms with Crippen LogP contribution in [0, 0.1) is 13.8 Å². The summed E-state index contributed by atoms with van der Waals surface area (Å²) in [6.45, 7) is 7.72. The van der Waals surface area contributed by atoms with E-state index in [2.05, 4.69) is 21.0 Å². The van der Waals surface area contributed by atoms with Crippen LogP contribution in [0.5, 0.6) is 0 Å². The van der Waals surface area contributed by atoms with Crippen LogP contribution in [0.3, 0.4) is 0 Å². The zero-order chi connectivity index (χ0) is 19.7. The van der Waals surface area contributed by atoms with Gasteiger partial charge in [0, 0.05) is 6.04 Å². The molecule has 0 saturated heterocycles. The third-order valence-electron chi connectivity index (χ3n) is 4.52. The van der Waals surface area contributed by atoms with Gasteiger partial charge >= 0.3 is 0 Å². The molecule has 27 heavy (non-hydrogen) atoms. The first-order valence-electron chi connectivity index (χ1n) is 8.84. The summed E-state index contributed by atoms with van der Waals surface area (Å²) in [5, 5.41) is 12.6. The van der Waals surface area contributed by atoms with Crippen molar-refractivity contribution in [1.82, 2.24) is 15.1 Å². The average Bonchev–Trinajstić information content (AvgIpc) is 2.82. The van der Waals surface area contributed by atoms with Crippen LogP contribution in [0.15, 0.2) is 24.3 Å². The first-order chi connectivity index (χ1) is 12.8. The molecule has 0 fully saturated rings. The lowest BCUT2D eigenvalue weighted by Crippen LogP contribution is -2.43. The minimum absolute atomic E-state index is 0.166. The molecule has 2 aromatic rings. The predicted octanol–water partition coefficient (Wildman–Crippen LogP) is 2.16. The highest BCUT2D eigenvalue weighted by Crippen LogP contribution is 2.23. The van der Waals surface area contributed by atoms with Gasteiger partial charge in [-0.2, -0.15) is 5.10 Å². The fraction of sp³-hybridized carbons (Fsp3) is 0.368. The van der Waals surface area contributed by atoms with Crippen molar-refractivity contribution < 1.29 is 14.4 Å². The van der Waals surface area contributed by atoms with E-state index in [4.69, 9.17) is 0 Å². The van der Waals surface area contributed by atoms with Crippen molar-refractivity contribution in [1.29, 1.82) is 0 Å². The first kappa shape index (κ1) is 18.6. The van der Waals surface area contributed by atoms with Gasteiger partial charge in [-0.15, -0.1) is 0 Å². The molecule has 8 heteroatoms. The number of nitrogens with one attached hydrogen (secondary N) is 3. The number of rotatable bonds is 4. The second kappa shape index (κ2) is 7.22. The lowest BCUT2D eigenvalue weighted by Gasteiger charge is -2.15. The van der Waals surface area contributed by atoms with E-state index in [1.807, 2.05) is 32.4 Å². The molecule has 0 aliphatic carbocycles. The largest absolute Gasteiger partial charge is 0.340 e. The topological polar surface area (TPSA) is 105 Å². The molecule has 1 aliphatic heterocycles. The fourth-order valence-electron chi connectivity index (χ4n) is 3.18. The summed E-state index contributed by atoms with van der Waals surface area (Å²) >= 11 is 0. The zero-order valence-electron chi connectivity index (χ0n) is 15.8. The summed E-state index contributed by atoms with van der Waals surface area (Å²) in [5.41, 5.74) is 3.00. The molecule has 1 aliphatic rings. The van der Waals surface area contributed by atoms with Gasteiger partial charge in [-0.3, -0.25) is 19.1 Å². The molecule has 3 amide bonds. The molecule has 2 heterocycles. The van der Waals surface area contributed by atoms with Crippen LogP contribution in [0.25, 0.3) is 0 Å². The highest BCUT2D eigenvalue weighted by atomic mass is 16.2. The van der Waals surface area contributed by atoms with E-state index in [-0.39, 0.29) is 24.3 Å². The number of para-hydroxylation sites is 1. The lowest BCUT2D eigenvalue weighted by molar-refractivity contribution is -0.122. The molecule has 1 aromatic heterocycles. The molecular formula is C19H23N5O3. The Morgan fingerprint density at radius 3 is 2.63 bits per heavy atom. The monoisotopic (exact) mass is 369 g/mol. The van der Waals surface area contributed by atoms with Crippen molar-refractivity contribution in [2.24, 2.45) is 0 Å². The number of benzene rings is 1. The van der Waals surface area contributed by atoms with Gasteiger partial charge in [0.15, 0.2) is 0 Å². The molecule has 3 rings (SSSR count). The molecular weight excluding hydrogens is 346 g/mol. The van der Waals surface area contributed by atoms with Crippen molar-refractivity contribution in [3.8, 4) is 0 Å². The molecule has 8 nitrogen and oxygen atoms in total. The van der Waals surface area contributed by atoms with Crippen molar-refractivity contribution in [3.05, 3.63) is 41.2 Å². The molecule has 0 saturated carbocycles. The van der Waals surface area contributed by atoms with Gasteiger partial charge in [-0.25, -0.2) is 0 Å². The van der Waals surface area contributed by atoms with Crippen LogP contribution in [-0.2, 0) is 9.59 Å². The maximum Gasteiger partial charge on any atom is 0.254 e. The molecule has 0 radical (unpaired) electrons. The number of fused-ring (bicyclic) bond motifs is 1. The maximum absolute atomic E-state index is 12.5. The van der Waals surface area contributed by atoms with Gasteiger partial charge in [-0.1, -0.05) is 12.1 Å². The molecule has 1 aromatic carbocycles. The van der Waals surface area contributed by atoms with E-state index in [1.54, 1.807) is 24.3 Å². The maximum atomic E-state index is 12.5. The van der Waals surface area contributed by atoms with Crippen LogP contribution in [0.4, 0.5) is 11.4 Å². The van der Waals surface area contributed by atoms with Crippen molar-refractivity contribution in [2.45, 2.75) is 46.2 Å². The summed E-state index contributed by atoms with van der Waals surface area (Å²) in [6.07, 6.45) is -0.169. The van der Waals surface area contributed by atoms with E-state index in [9.17, 15) is 14.4 Å². The molecule has 142 valence electrons. The Hall–Kier alpha value is -3.16. The summed E-state index contributed by atoms with van der Waals surface area (Å²) in [4.78, 5) is 37.3. The van der Waals surface area contributed by atoms with Crippen LogP contribution >= 0.6 is 0 Å². The number of carbonyl (C=O) groups excluding carboxylic acids is 3. The third kappa shape index (κ3) is 3.69. The van der Waals surface area contributed by atoms with E-state index in [0.29, 0.717) is 22.6 Å². The van der Waals surface area contributed by atoms with Gasteiger partial charge < -0.3 is 16.0 Å². The number of aryl methyl sites for hydroxylation is 1. The number of carbonyl (C=O) groups is 3. The van der Waals surface area contributed by atoms with Gasteiger partial charge in [0.2, 0.25) is 11.8 Å². The summed E-state index contributed by atoms with van der Waals surface area (Å²) in [6, 6.07) is 5.95. The molecule has 1 atom stereocenters. The Bertz CT molecular complexity index is 916. The average molecular weight is 369 g/mol. The van der Waals surface area contributed by atoms with Crippen LogP contribution < -0.4 is 16.0 Å². The van der Waals surface area contributed by atoms with E-state index in [1.165, 1.54) is 0 Å². The lowest BCUT2D eigenvalue weighted by atomic mass is 10.1. The minimum Gasteiger partial charge on any atom is -0.340 e. The quantitative estimate of drug-likeness (QED) is 0.768. The second-order valence-electron chi connectivity index (χ2n) is 6.90. The van der Waals surface area contributed by atoms with Gasteiger partial charge in [-0.05, 0) is 39.8 Å². The van der Waals surface area contributed by atoms with Crippen LogP contribution in [0.2, 0.25) is 0 Å². The highest BCUT2D eigenvalue weighted by Gasteiger charge is 2.29. The van der Waals surface area contributed by atoms with E-state index >= 15 is 0 Å². The molecule has 3 N–H and O–H groups in total. The number of hydrogen-bond acceptors (Lipinski definition) is 4. The highest BCUT2D eigenvalue weighted by molar-refractivity contribution is 6.11. The molecule has 0 spiro atoms. The Morgan fingerprint density at radius 2 is 1.96 bits per heavy atom. The van der Waals surface area contributed by atoms with Crippen molar-refractivity contribution in [3.63, 3.8) is 0 Å². The zero-order valence-corrected chi connectivity index (χ0v) is 15.8. The SMILES string of the molecule is Cc1nn(C(C)C)c(C)c1NC(=O)C[C@H]1NC(=O)c2ccccc2NC1=O. The number of aromatic nitrogens is 2. The second-order valence-corrected chi connectivity index (χ2v) is 6.90. The van der Waals surface area contributed by atoms with E-state index in [0.717, 1.165) is 5.69 Å². The predicted molar refractivity (Wildman–Crippen MR) is 102 cm³/mol. The van der Waals surface area contributed by atoms with Gasteiger partial charge in [0.1, 0.15) is 6.04 Å². The van der Waals surface area contributed by atoms with Crippen LogP contribution in [0.1, 0.15) is 48.1 Å². The van der Waals surface area contributed by atoms with Gasteiger partial charge in [0.25, 0.3) is 5.91 Å². The number of hydrogen-bond donors (Lipinski definition) is 3. The van der Waals surface area contributed by atoms with Crippen molar-refractivity contribution in [2.75, 3.05) is 10.6 Å². The van der Waals surface area contributed by atoms with E-state index < -0.39 is 11.9 Å². The smallest absolute Gasteiger partial charge is 0.254 e. The normalized spacial score (nSPS) is 16.4. The Balaban J connectivity index is 1.74.